The third-order valence-corrected chi connectivity index (χ3v) is 4.82. The van der Waals surface area contributed by atoms with Crippen molar-refractivity contribution in [1.29, 1.82) is 0 Å². The lowest BCUT2D eigenvalue weighted by atomic mass is 9.93. The largest absolute Gasteiger partial charge is 0.393 e. The molecule has 24 heavy (non-hydrogen) atoms. The van der Waals surface area contributed by atoms with E-state index < -0.39 is 0 Å². The van der Waals surface area contributed by atoms with Gasteiger partial charge in [0, 0.05) is 37.9 Å². The summed E-state index contributed by atoms with van der Waals surface area (Å²) in [6.07, 6.45) is 7.16. The zero-order valence-electron chi connectivity index (χ0n) is 14.0. The Morgan fingerprint density at radius 3 is 2.67 bits per heavy atom. The molecular weight excluding hydrogens is 304 g/mol. The van der Waals surface area contributed by atoms with Crippen molar-refractivity contribution in [3.63, 3.8) is 0 Å². The van der Waals surface area contributed by atoms with E-state index in [4.69, 9.17) is 5.10 Å². The van der Waals surface area contributed by atoms with Crippen LogP contribution in [0.3, 0.4) is 0 Å². The molecule has 3 aromatic heterocycles. The van der Waals surface area contributed by atoms with E-state index in [1.54, 1.807) is 4.68 Å². The van der Waals surface area contributed by atoms with Crippen molar-refractivity contribution >= 4 is 16.7 Å². The monoisotopic (exact) mass is 326 g/mol. The Balaban J connectivity index is 1.85. The number of aryl methyl sites for hydroxylation is 1. The van der Waals surface area contributed by atoms with E-state index in [-0.39, 0.29) is 6.10 Å². The zero-order valence-corrected chi connectivity index (χ0v) is 14.0. The first-order valence-corrected chi connectivity index (χ1v) is 8.40. The lowest BCUT2D eigenvalue weighted by molar-refractivity contribution is 0.109. The number of hydrogen-bond acceptors (Lipinski definition) is 5. The molecule has 4 rings (SSSR count). The highest BCUT2D eigenvalue weighted by Crippen LogP contribution is 2.35. The van der Waals surface area contributed by atoms with Crippen molar-refractivity contribution in [3.05, 3.63) is 24.5 Å². The van der Waals surface area contributed by atoms with E-state index in [0.717, 1.165) is 53.8 Å². The summed E-state index contributed by atoms with van der Waals surface area (Å²) in [4.78, 5) is 4.45. The summed E-state index contributed by atoms with van der Waals surface area (Å²) in [5.41, 5.74) is 2.79. The van der Waals surface area contributed by atoms with E-state index in [2.05, 4.69) is 20.1 Å². The Hall–Kier alpha value is -2.41. The number of aliphatic hydroxyl groups excluding tert-OH is 1. The maximum Gasteiger partial charge on any atom is 0.127 e. The number of anilines is 1. The molecule has 0 amide bonds. The van der Waals surface area contributed by atoms with Crippen LogP contribution < -0.4 is 5.32 Å². The second-order valence-electron chi connectivity index (χ2n) is 6.47. The van der Waals surface area contributed by atoms with Gasteiger partial charge in [-0.1, -0.05) is 0 Å². The molecule has 7 nitrogen and oxygen atoms in total. The lowest BCUT2D eigenvalue weighted by Gasteiger charge is -2.26. The molecule has 0 aliphatic heterocycles. The van der Waals surface area contributed by atoms with Crippen LogP contribution in [-0.4, -0.2) is 42.8 Å². The van der Waals surface area contributed by atoms with Crippen molar-refractivity contribution in [3.8, 4) is 11.4 Å². The highest BCUT2D eigenvalue weighted by atomic mass is 16.3. The first-order chi connectivity index (χ1) is 11.7. The first-order valence-electron chi connectivity index (χ1n) is 8.40. The number of pyridine rings is 1. The summed E-state index contributed by atoms with van der Waals surface area (Å²) < 4.78 is 3.89. The number of aromatic nitrogens is 5. The van der Waals surface area contributed by atoms with Crippen molar-refractivity contribution in [2.45, 2.75) is 37.8 Å². The van der Waals surface area contributed by atoms with Crippen LogP contribution in [-0.2, 0) is 7.05 Å². The van der Waals surface area contributed by atoms with Crippen molar-refractivity contribution < 1.29 is 5.11 Å². The molecule has 126 valence electrons. The second kappa shape index (κ2) is 5.90. The molecule has 1 aliphatic carbocycles. The third-order valence-electron chi connectivity index (χ3n) is 4.82. The Bertz CT molecular complexity index is 859. The highest BCUT2D eigenvalue weighted by Gasteiger charge is 2.25. The predicted molar refractivity (Wildman–Crippen MR) is 92.8 cm³/mol. The van der Waals surface area contributed by atoms with E-state index in [1.165, 1.54) is 0 Å². The lowest BCUT2D eigenvalue weighted by Crippen LogP contribution is -2.21. The maximum absolute atomic E-state index is 9.79. The molecule has 0 saturated heterocycles. The Labute approximate surface area is 140 Å². The van der Waals surface area contributed by atoms with Gasteiger partial charge in [-0.15, -0.1) is 0 Å². The van der Waals surface area contributed by atoms with Crippen LogP contribution in [0.15, 0.2) is 24.5 Å². The Morgan fingerprint density at radius 1 is 1.21 bits per heavy atom. The SMILES string of the molecule is CNc1cc2c(cn1)c(-c1ccn(C)n1)nn2[C@H]1CC[C@H](O)CC1. The molecule has 1 saturated carbocycles. The van der Waals surface area contributed by atoms with Crippen molar-refractivity contribution in [2.75, 3.05) is 12.4 Å². The van der Waals surface area contributed by atoms with E-state index >= 15 is 0 Å². The summed E-state index contributed by atoms with van der Waals surface area (Å²) in [5.74, 6) is 0.826. The molecule has 1 aliphatic rings. The minimum atomic E-state index is -0.173. The minimum absolute atomic E-state index is 0.173. The average Bonchev–Trinajstić information content (AvgIpc) is 3.18. The summed E-state index contributed by atoms with van der Waals surface area (Å²) in [6, 6.07) is 4.32. The molecule has 1 fully saturated rings. The predicted octanol–water partition coefficient (Wildman–Crippen LogP) is 2.35. The standard InChI is InChI=1S/C17H22N6O/c1-18-16-9-15-13(10-19-16)17(14-7-8-22(2)20-14)21-23(15)11-3-5-12(24)6-4-11/h7-12,24H,3-6H2,1-2H3,(H,18,19)/t11-,12-. The van der Waals surface area contributed by atoms with Gasteiger partial charge in [-0.2, -0.15) is 10.2 Å². The zero-order chi connectivity index (χ0) is 16.7. The topological polar surface area (TPSA) is 80.8 Å². The number of rotatable bonds is 3. The number of hydrogen-bond donors (Lipinski definition) is 2. The molecule has 7 heteroatoms. The van der Waals surface area contributed by atoms with E-state index in [9.17, 15) is 5.11 Å². The van der Waals surface area contributed by atoms with Gasteiger partial charge in [0.1, 0.15) is 17.2 Å². The number of aliphatic hydroxyl groups is 1. The quantitative estimate of drug-likeness (QED) is 0.772. The van der Waals surface area contributed by atoms with Gasteiger partial charge < -0.3 is 10.4 Å². The van der Waals surface area contributed by atoms with E-state index in [1.807, 2.05) is 38.6 Å². The third kappa shape index (κ3) is 2.54. The van der Waals surface area contributed by atoms with Crippen LogP contribution in [0.1, 0.15) is 31.7 Å². The van der Waals surface area contributed by atoms with Crippen LogP contribution in [0.2, 0.25) is 0 Å². The van der Waals surface area contributed by atoms with Gasteiger partial charge in [0.2, 0.25) is 0 Å². The normalized spacial score (nSPS) is 21.3. The molecule has 0 bridgehead atoms. The molecule has 0 spiro atoms. The smallest absolute Gasteiger partial charge is 0.127 e. The maximum atomic E-state index is 9.79. The van der Waals surface area contributed by atoms with Crippen molar-refractivity contribution in [1.82, 2.24) is 24.5 Å². The molecule has 0 unspecified atom stereocenters. The molecule has 3 aromatic rings. The molecule has 3 heterocycles. The molecule has 0 radical (unpaired) electrons. The number of nitrogens with zero attached hydrogens (tertiary/aromatic N) is 5. The molecule has 0 aromatic carbocycles. The minimum Gasteiger partial charge on any atom is -0.393 e. The summed E-state index contributed by atoms with van der Waals surface area (Å²) in [6.45, 7) is 0. The van der Waals surface area contributed by atoms with Gasteiger partial charge in [0.15, 0.2) is 0 Å². The fourth-order valence-electron chi connectivity index (χ4n) is 3.48. The first kappa shape index (κ1) is 15.1. The highest BCUT2D eigenvalue weighted by molar-refractivity contribution is 5.93. The Morgan fingerprint density at radius 2 is 2.00 bits per heavy atom. The molecule has 0 atom stereocenters. The van der Waals surface area contributed by atoms with Crippen LogP contribution in [0.4, 0.5) is 5.82 Å². The summed E-state index contributed by atoms with van der Waals surface area (Å²) >= 11 is 0. The summed E-state index contributed by atoms with van der Waals surface area (Å²) in [7, 11) is 3.77. The summed E-state index contributed by atoms with van der Waals surface area (Å²) in [5, 5.41) is 23.3. The number of fused-ring (bicyclic) bond motifs is 1. The van der Waals surface area contributed by atoms with Gasteiger partial charge in [-0.05, 0) is 31.7 Å². The molecular formula is C17H22N6O. The second-order valence-corrected chi connectivity index (χ2v) is 6.47. The fraction of sp³-hybridized carbons (Fsp3) is 0.471. The average molecular weight is 326 g/mol. The van der Waals surface area contributed by atoms with Gasteiger partial charge in [0.25, 0.3) is 0 Å². The number of nitrogens with one attached hydrogen (secondary N) is 1. The van der Waals surface area contributed by atoms with Crippen LogP contribution in [0.25, 0.3) is 22.3 Å². The van der Waals surface area contributed by atoms with E-state index in [0.29, 0.717) is 6.04 Å². The fourth-order valence-corrected chi connectivity index (χ4v) is 3.48. The van der Waals surface area contributed by atoms with Gasteiger partial charge >= 0.3 is 0 Å². The Kier molecular flexibility index (Phi) is 3.72. The van der Waals surface area contributed by atoms with Crippen LogP contribution in [0.5, 0.6) is 0 Å². The molecule has 2 N–H and O–H groups in total. The van der Waals surface area contributed by atoms with Gasteiger partial charge in [-0.25, -0.2) is 4.98 Å². The van der Waals surface area contributed by atoms with Gasteiger partial charge in [-0.3, -0.25) is 9.36 Å². The van der Waals surface area contributed by atoms with Gasteiger partial charge in [0.05, 0.1) is 17.7 Å². The van der Waals surface area contributed by atoms with Crippen LogP contribution in [0, 0.1) is 0 Å². The van der Waals surface area contributed by atoms with Crippen LogP contribution >= 0.6 is 0 Å². The van der Waals surface area contributed by atoms with Crippen molar-refractivity contribution in [2.24, 2.45) is 7.05 Å².